The van der Waals surface area contributed by atoms with Crippen molar-refractivity contribution >= 4 is 12.0 Å². The quantitative estimate of drug-likeness (QED) is 0.840. The van der Waals surface area contributed by atoms with Crippen molar-refractivity contribution in [2.45, 2.75) is 20.8 Å². The van der Waals surface area contributed by atoms with Gasteiger partial charge in [-0.2, -0.15) is 0 Å². The third-order valence-electron chi connectivity index (χ3n) is 3.37. The predicted molar refractivity (Wildman–Crippen MR) is 83.8 cm³/mol. The van der Waals surface area contributed by atoms with E-state index in [1.165, 1.54) is 5.56 Å². The van der Waals surface area contributed by atoms with Crippen molar-refractivity contribution in [3.63, 3.8) is 0 Å². The number of rotatable bonds is 4. The molecule has 0 aromatic heterocycles. The Labute approximate surface area is 124 Å². The Morgan fingerprint density at radius 2 is 1.81 bits per heavy atom. The number of carboxylic acid groups (broad SMARTS) is 1. The van der Waals surface area contributed by atoms with Gasteiger partial charge in [0.05, 0.1) is 0 Å². The summed E-state index contributed by atoms with van der Waals surface area (Å²) in [5.41, 5.74) is 4.15. The van der Waals surface area contributed by atoms with Crippen molar-refractivity contribution < 1.29 is 14.6 Å². The highest BCUT2D eigenvalue weighted by molar-refractivity contribution is 5.85. The van der Waals surface area contributed by atoms with Crippen LogP contribution in [0.5, 0.6) is 11.5 Å². The Morgan fingerprint density at radius 3 is 2.52 bits per heavy atom. The molecule has 0 spiro atoms. The van der Waals surface area contributed by atoms with Gasteiger partial charge in [0.1, 0.15) is 11.5 Å². The highest BCUT2D eigenvalue weighted by atomic mass is 16.5. The van der Waals surface area contributed by atoms with Gasteiger partial charge in [-0.1, -0.05) is 24.3 Å². The SMILES string of the molecule is Cc1ccc(C)c(Oc2cccc(C=CC(=O)O)c2)c1C. The van der Waals surface area contributed by atoms with Crippen LogP contribution >= 0.6 is 0 Å². The van der Waals surface area contributed by atoms with E-state index in [9.17, 15) is 4.79 Å². The average molecular weight is 282 g/mol. The maximum Gasteiger partial charge on any atom is 0.328 e. The van der Waals surface area contributed by atoms with Crippen LogP contribution in [0.4, 0.5) is 0 Å². The normalized spacial score (nSPS) is 10.8. The summed E-state index contributed by atoms with van der Waals surface area (Å²) in [6, 6.07) is 11.5. The molecule has 0 aliphatic rings. The maximum absolute atomic E-state index is 10.6. The molecule has 0 saturated heterocycles. The van der Waals surface area contributed by atoms with Gasteiger partial charge >= 0.3 is 5.97 Å². The van der Waals surface area contributed by atoms with E-state index >= 15 is 0 Å². The fraction of sp³-hybridized carbons (Fsp3) is 0.167. The lowest BCUT2D eigenvalue weighted by atomic mass is 10.1. The first-order valence-electron chi connectivity index (χ1n) is 6.73. The van der Waals surface area contributed by atoms with Gasteiger partial charge < -0.3 is 9.84 Å². The van der Waals surface area contributed by atoms with E-state index in [1.54, 1.807) is 6.08 Å². The summed E-state index contributed by atoms with van der Waals surface area (Å²) < 4.78 is 5.99. The Hall–Kier alpha value is -2.55. The highest BCUT2D eigenvalue weighted by Gasteiger charge is 2.07. The minimum Gasteiger partial charge on any atom is -0.478 e. The molecule has 0 fully saturated rings. The summed E-state index contributed by atoms with van der Waals surface area (Å²) in [4.78, 5) is 10.6. The highest BCUT2D eigenvalue weighted by Crippen LogP contribution is 2.31. The molecular weight excluding hydrogens is 264 g/mol. The van der Waals surface area contributed by atoms with Crippen molar-refractivity contribution in [2.24, 2.45) is 0 Å². The molecule has 2 aromatic carbocycles. The largest absolute Gasteiger partial charge is 0.478 e. The number of aliphatic carboxylic acids is 1. The summed E-state index contributed by atoms with van der Waals surface area (Å²) in [5.74, 6) is 0.584. The van der Waals surface area contributed by atoms with E-state index in [2.05, 4.69) is 6.07 Å². The van der Waals surface area contributed by atoms with Crippen LogP contribution in [-0.4, -0.2) is 11.1 Å². The average Bonchev–Trinajstić information content (AvgIpc) is 2.46. The number of ether oxygens (including phenoxy) is 1. The van der Waals surface area contributed by atoms with Crippen molar-refractivity contribution in [1.29, 1.82) is 0 Å². The van der Waals surface area contributed by atoms with E-state index in [0.29, 0.717) is 5.75 Å². The van der Waals surface area contributed by atoms with E-state index in [1.807, 2.05) is 51.1 Å². The van der Waals surface area contributed by atoms with E-state index in [4.69, 9.17) is 9.84 Å². The zero-order valence-corrected chi connectivity index (χ0v) is 12.4. The van der Waals surface area contributed by atoms with E-state index in [-0.39, 0.29) is 0 Å². The van der Waals surface area contributed by atoms with Crippen LogP contribution in [0.25, 0.3) is 6.08 Å². The van der Waals surface area contributed by atoms with Crippen molar-refractivity contribution in [2.75, 3.05) is 0 Å². The molecule has 3 heteroatoms. The fourth-order valence-electron chi connectivity index (χ4n) is 2.05. The van der Waals surface area contributed by atoms with Crippen molar-refractivity contribution in [3.05, 3.63) is 64.7 Å². The van der Waals surface area contributed by atoms with Crippen molar-refractivity contribution in [1.82, 2.24) is 0 Å². The molecular formula is C18H18O3. The number of carboxylic acids is 1. The fourth-order valence-corrected chi connectivity index (χ4v) is 2.05. The molecule has 0 amide bonds. The summed E-state index contributed by atoms with van der Waals surface area (Å²) >= 11 is 0. The number of benzene rings is 2. The molecule has 108 valence electrons. The molecule has 1 N–H and O–H groups in total. The van der Waals surface area contributed by atoms with Gasteiger partial charge in [-0.25, -0.2) is 4.79 Å². The molecule has 0 aliphatic heterocycles. The lowest BCUT2D eigenvalue weighted by molar-refractivity contribution is -0.131. The zero-order chi connectivity index (χ0) is 15.4. The second-order valence-corrected chi connectivity index (χ2v) is 5.00. The maximum atomic E-state index is 10.6. The summed E-state index contributed by atoms with van der Waals surface area (Å²) in [6.07, 6.45) is 2.66. The van der Waals surface area contributed by atoms with E-state index < -0.39 is 5.97 Å². The second kappa shape index (κ2) is 6.27. The van der Waals surface area contributed by atoms with Gasteiger partial charge in [0.2, 0.25) is 0 Å². The first-order chi connectivity index (χ1) is 9.97. The number of hydrogen-bond acceptors (Lipinski definition) is 2. The number of carbonyl (C=O) groups is 1. The summed E-state index contributed by atoms with van der Waals surface area (Å²) in [6.45, 7) is 6.09. The molecule has 21 heavy (non-hydrogen) atoms. The third kappa shape index (κ3) is 3.72. The van der Waals surface area contributed by atoms with E-state index in [0.717, 1.165) is 28.5 Å². The number of aryl methyl sites for hydroxylation is 2. The Balaban J connectivity index is 2.31. The molecule has 2 aromatic rings. The minimum atomic E-state index is -0.966. The van der Waals surface area contributed by atoms with Crippen LogP contribution in [0.2, 0.25) is 0 Å². The topological polar surface area (TPSA) is 46.5 Å². The first-order valence-corrected chi connectivity index (χ1v) is 6.73. The molecule has 0 aliphatic carbocycles. The Morgan fingerprint density at radius 1 is 1.10 bits per heavy atom. The van der Waals surface area contributed by atoms with Gasteiger partial charge in [0.15, 0.2) is 0 Å². The minimum absolute atomic E-state index is 0.694. The number of hydrogen-bond donors (Lipinski definition) is 1. The molecule has 3 nitrogen and oxygen atoms in total. The lowest BCUT2D eigenvalue weighted by Crippen LogP contribution is -1.93. The molecule has 2 rings (SSSR count). The molecule has 0 saturated carbocycles. The van der Waals surface area contributed by atoms with Gasteiger partial charge in [-0.3, -0.25) is 0 Å². The van der Waals surface area contributed by atoms with Crippen LogP contribution < -0.4 is 4.74 Å². The summed E-state index contributed by atoms with van der Waals surface area (Å²) in [5, 5.41) is 8.66. The smallest absolute Gasteiger partial charge is 0.328 e. The molecule has 0 bridgehead atoms. The van der Waals surface area contributed by atoms with Crippen LogP contribution in [-0.2, 0) is 4.79 Å². The van der Waals surface area contributed by atoms with Crippen LogP contribution in [0.15, 0.2) is 42.5 Å². The van der Waals surface area contributed by atoms with Crippen LogP contribution in [0.1, 0.15) is 22.3 Å². The van der Waals surface area contributed by atoms with Crippen molar-refractivity contribution in [3.8, 4) is 11.5 Å². The molecule has 0 radical (unpaired) electrons. The molecule has 0 heterocycles. The molecule has 0 unspecified atom stereocenters. The zero-order valence-electron chi connectivity index (χ0n) is 12.4. The first kappa shape index (κ1) is 14.9. The Bertz CT molecular complexity index is 700. The van der Waals surface area contributed by atoms with Crippen LogP contribution in [0.3, 0.4) is 0 Å². The third-order valence-corrected chi connectivity index (χ3v) is 3.37. The Kier molecular flexibility index (Phi) is 4.43. The lowest BCUT2D eigenvalue weighted by Gasteiger charge is -2.14. The monoisotopic (exact) mass is 282 g/mol. The van der Waals surface area contributed by atoms with Crippen LogP contribution in [0, 0.1) is 20.8 Å². The standard InChI is InChI=1S/C18H18O3/c1-12-7-8-13(2)18(14(12)3)21-16-6-4-5-15(11-16)9-10-17(19)20/h4-11H,1-3H3,(H,19,20). The van der Waals surface area contributed by atoms with Gasteiger partial charge in [0.25, 0.3) is 0 Å². The molecule has 0 atom stereocenters. The van der Waals surface area contributed by atoms with Gasteiger partial charge in [-0.15, -0.1) is 0 Å². The van der Waals surface area contributed by atoms with Gasteiger partial charge in [0, 0.05) is 6.08 Å². The second-order valence-electron chi connectivity index (χ2n) is 5.00. The predicted octanol–water partition coefficient (Wildman–Crippen LogP) is 4.50. The van der Waals surface area contributed by atoms with Gasteiger partial charge in [-0.05, 0) is 61.2 Å². The summed E-state index contributed by atoms with van der Waals surface area (Å²) in [7, 11) is 0.